The van der Waals surface area contributed by atoms with Gasteiger partial charge < -0.3 is 14.8 Å². The minimum atomic E-state index is -0.315. The fourth-order valence-corrected chi connectivity index (χ4v) is 3.40. The third-order valence-corrected chi connectivity index (χ3v) is 4.91. The second kappa shape index (κ2) is 8.39. The van der Waals surface area contributed by atoms with Crippen molar-refractivity contribution in [3.8, 4) is 22.9 Å². The van der Waals surface area contributed by atoms with Gasteiger partial charge in [0.25, 0.3) is 5.91 Å². The molecule has 0 aliphatic carbocycles. The van der Waals surface area contributed by atoms with E-state index in [-0.39, 0.29) is 5.91 Å². The first-order valence-corrected chi connectivity index (χ1v) is 9.52. The second-order valence-electron chi connectivity index (χ2n) is 6.43. The molecule has 0 spiro atoms. The highest BCUT2D eigenvalue weighted by Crippen LogP contribution is 2.36. The zero-order valence-corrected chi connectivity index (χ0v) is 17.1. The molecule has 4 aromatic rings. The van der Waals surface area contributed by atoms with Crippen molar-refractivity contribution >= 4 is 34.1 Å². The molecule has 0 unspecified atom stereocenters. The van der Waals surface area contributed by atoms with Gasteiger partial charge in [-0.15, -0.1) is 0 Å². The van der Waals surface area contributed by atoms with E-state index in [2.05, 4.69) is 15.3 Å². The molecule has 1 amide bonds. The number of carbonyl (C=O) groups excluding carboxylic acids is 1. The SMILES string of the molecule is COc1cc(OC)c(NC(=O)c2cc(-c3ccccn3)nc3ccccc23)cc1Cl. The predicted molar refractivity (Wildman–Crippen MR) is 117 cm³/mol. The smallest absolute Gasteiger partial charge is 0.256 e. The Morgan fingerprint density at radius 3 is 2.43 bits per heavy atom. The van der Waals surface area contributed by atoms with E-state index in [9.17, 15) is 4.79 Å². The summed E-state index contributed by atoms with van der Waals surface area (Å²) < 4.78 is 10.6. The number of nitrogens with one attached hydrogen (secondary N) is 1. The number of rotatable bonds is 5. The predicted octanol–water partition coefficient (Wildman–Crippen LogP) is 5.22. The Labute approximate surface area is 178 Å². The second-order valence-corrected chi connectivity index (χ2v) is 6.84. The Kier molecular flexibility index (Phi) is 5.50. The normalized spacial score (nSPS) is 10.6. The lowest BCUT2D eigenvalue weighted by Crippen LogP contribution is -2.14. The molecular formula is C23H18ClN3O3. The first-order valence-electron chi connectivity index (χ1n) is 9.14. The molecule has 2 aromatic carbocycles. The summed E-state index contributed by atoms with van der Waals surface area (Å²) in [5, 5.41) is 3.98. The van der Waals surface area contributed by atoms with Gasteiger partial charge in [0, 0.05) is 17.6 Å². The van der Waals surface area contributed by atoms with Gasteiger partial charge in [-0.3, -0.25) is 9.78 Å². The van der Waals surface area contributed by atoms with E-state index in [1.807, 2.05) is 42.5 Å². The summed E-state index contributed by atoms with van der Waals surface area (Å²) in [4.78, 5) is 22.3. The van der Waals surface area contributed by atoms with Crippen LogP contribution in [0, 0.1) is 0 Å². The molecule has 6 nitrogen and oxygen atoms in total. The molecule has 0 fully saturated rings. The van der Waals surface area contributed by atoms with Crippen LogP contribution < -0.4 is 14.8 Å². The van der Waals surface area contributed by atoms with Crippen molar-refractivity contribution in [2.24, 2.45) is 0 Å². The van der Waals surface area contributed by atoms with Crippen molar-refractivity contribution in [2.75, 3.05) is 19.5 Å². The largest absolute Gasteiger partial charge is 0.495 e. The molecule has 4 rings (SSSR count). The number of halogens is 1. The highest BCUT2D eigenvalue weighted by molar-refractivity contribution is 6.32. The van der Waals surface area contributed by atoms with Crippen LogP contribution in [-0.4, -0.2) is 30.1 Å². The van der Waals surface area contributed by atoms with E-state index in [1.54, 1.807) is 24.4 Å². The Balaban J connectivity index is 1.79. The molecule has 0 saturated heterocycles. The number of para-hydroxylation sites is 1. The number of benzene rings is 2. The molecule has 30 heavy (non-hydrogen) atoms. The Bertz CT molecular complexity index is 1230. The van der Waals surface area contributed by atoms with Crippen LogP contribution in [0.2, 0.25) is 5.02 Å². The maximum atomic E-state index is 13.3. The van der Waals surface area contributed by atoms with Gasteiger partial charge in [0.15, 0.2) is 0 Å². The van der Waals surface area contributed by atoms with Crippen molar-refractivity contribution in [3.05, 3.63) is 77.4 Å². The number of amides is 1. The quantitative estimate of drug-likeness (QED) is 0.480. The molecule has 0 radical (unpaired) electrons. The van der Waals surface area contributed by atoms with Crippen LogP contribution in [0.3, 0.4) is 0 Å². The molecular weight excluding hydrogens is 402 g/mol. The molecule has 1 N–H and O–H groups in total. The number of aromatic nitrogens is 2. The number of fused-ring (bicyclic) bond motifs is 1. The topological polar surface area (TPSA) is 73.3 Å². The number of hydrogen-bond acceptors (Lipinski definition) is 5. The molecule has 0 bridgehead atoms. The number of pyridine rings is 2. The fourth-order valence-electron chi connectivity index (χ4n) is 3.16. The fraction of sp³-hybridized carbons (Fsp3) is 0.0870. The summed E-state index contributed by atoms with van der Waals surface area (Å²) in [6.45, 7) is 0. The lowest BCUT2D eigenvalue weighted by Gasteiger charge is -2.14. The third kappa shape index (κ3) is 3.77. The van der Waals surface area contributed by atoms with Gasteiger partial charge in [0.05, 0.1) is 47.4 Å². The first kappa shape index (κ1) is 19.7. The summed E-state index contributed by atoms with van der Waals surface area (Å²) in [6, 6.07) is 18.0. The van der Waals surface area contributed by atoms with Crippen molar-refractivity contribution in [2.45, 2.75) is 0 Å². The number of hydrogen-bond donors (Lipinski definition) is 1. The lowest BCUT2D eigenvalue weighted by atomic mass is 10.1. The monoisotopic (exact) mass is 419 g/mol. The molecule has 0 saturated carbocycles. The van der Waals surface area contributed by atoms with E-state index >= 15 is 0 Å². The number of ether oxygens (including phenoxy) is 2. The number of carbonyl (C=O) groups is 1. The van der Waals surface area contributed by atoms with Crippen molar-refractivity contribution in [3.63, 3.8) is 0 Å². The van der Waals surface area contributed by atoms with Gasteiger partial charge in [-0.25, -0.2) is 4.98 Å². The highest BCUT2D eigenvalue weighted by Gasteiger charge is 2.17. The minimum absolute atomic E-state index is 0.315. The number of methoxy groups -OCH3 is 2. The van der Waals surface area contributed by atoms with Gasteiger partial charge in [0.2, 0.25) is 0 Å². The molecule has 0 aliphatic heterocycles. The standard InChI is InChI=1S/C23H18ClN3O3/c1-29-21-13-22(30-2)20(12-16(21)24)27-23(28)15-11-19(18-9-5-6-10-25-18)26-17-8-4-3-7-14(15)17/h3-13H,1-2H3,(H,27,28). The summed E-state index contributed by atoms with van der Waals surface area (Å²) >= 11 is 6.24. The molecule has 150 valence electrons. The van der Waals surface area contributed by atoms with Crippen LogP contribution in [0.4, 0.5) is 5.69 Å². The number of nitrogens with zero attached hydrogens (tertiary/aromatic N) is 2. The summed E-state index contributed by atoms with van der Waals surface area (Å²) in [6.07, 6.45) is 1.69. The van der Waals surface area contributed by atoms with Crippen LogP contribution in [0.15, 0.2) is 66.9 Å². The van der Waals surface area contributed by atoms with Gasteiger partial charge in [0.1, 0.15) is 11.5 Å². The minimum Gasteiger partial charge on any atom is -0.495 e. The maximum absolute atomic E-state index is 13.3. The first-order chi connectivity index (χ1) is 14.6. The van der Waals surface area contributed by atoms with Crippen molar-refractivity contribution < 1.29 is 14.3 Å². The summed E-state index contributed by atoms with van der Waals surface area (Å²) in [7, 11) is 3.03. The summed E-state index contributed by atoms with van der Waals surface area (Å²) in [5.74, 6) is 0.580. The van der Waals surface area contributed by atoms with Crippen molar-refractivity contribution in [1.29, 1.82) is 0 Å². The van der Waals surface area contributed by atoms with Crippen LogP contribution in [0.25, 0.3) is 22.3 Å². The van der Waals surface area contributed by atoms with Crippen LogP contribution in [0.5, 0.6) is 11.5 Å². The van der Waals surface area contributed by atoms with E-state index in [0.29, 0.717) is 44.7 Å². The maximum Gasteiger partial charge on any atom is 0.256 e. The lowest BCUT2D eigenvalue weighted by molar-refractivity contribution is 0.102. The number of anilines is 1. The van der Waals surface area contributed by atoms with Gasteiger partial charge in [-0.1, -0.05) is 35.9 Å². The molecule has 2 aromatic heterocycles. The zero-order valence-electron chi connectivity index (χ0n) is 16.3. The van der Waals surface area contributed by atoms with E-state index in [4.69, 9.17) is 21.1 Å². The van der Waals surface area contributed by atoms with Crippen molar-refractivity contribution in [1.82, 2.24) is 9.97 Å². The Morgan fingerprint density at radius 2 is 1.70 bits per heavy atom. The van der Waals surface area contributed by atoms with Crippen LogP contribution in [-0.2, 0) is 0 Å². The zero-order chi connectivity index (χ0) is 21.1. The molecule has 0 aliphatic rings. The average molecular weight is 420 g/mol. The summed E-state index contributed by atoms with van der Waals surface area (Å²) in [5.41, 5.74) is 2.90. The molecule has 2 heterocycles. The van der Waals surface area contributed by atoms with Gasteiger partial charge in [-0.2, -0.15) is 0 Å². The average Bonchev–Trinajstić information content (AvgIpc) is 2.79. The van der Waals surface area contributed by atoms with Gasteiger partial charge in [-0.05, 0) is 30.3 Å². The van der Waals surface area contributed by atoms with E-state index < -0.39 is 0 Å². The molecule has 0 atom stereocenters. The van der Waals surface area contributed by atoms with Crippen LogP contribution >= 0.6 is 11.6 Å². The van der Waals surface area contributed by atoms with Gasteiger partial charge >= 0.3 is 0 Å². The van der Waals surface area contributed by atoms with E-state index in [1.165, 1.54) is 14.2 Å². The highest BCUT2D eigenvalue weighted by atomic mass is 35.5. The Morgan fingerprint density at radius 1 is 0.933 bits per heavy atom. The Hall–Kier alpha value is -3.64. The molecule has 7 heteroatoms. The third-order valence-electron chi connectivity index (χ3n) is 4.61. The van der Waals surface area contributed by atoms with E-state index in [0.717, 1.165) is 5.39 Å². The van der Waals surface area contributed by atoms with Crippen LogP contribution in [0.1, 0.15) is 10.4 Å².